The van der Waals surface area contributed by atoms with Crippen LogP contribution in [0.15, 0.2) is 59.2 Å². The number of anilines is 1. The number of rotatable bonds is 6. The molecule has 1 aromatic carbocycles. The van der Waals surface area contributed by atoms with Crippen molar-refractivity contribution < 1.29 is 18.7 Å². The van der Waals surface area contributed by atoms with Crippen LogP contribution in [0.4, 0.5) is 5.00 Å². The second-order valence-electron chi connectivity index (χ2n) is 5.66. The Morgan fingerprint density at radius 3 is 2.63 bits per heavy atom. The van der Waals surface area contributed by atoms with E-state index in [9.17, 15) is 9.59 Å². The highest BCUT2D eigenvalue weighted by molar-refractivity contribution is 7.17. The molecule has 0 saturated carbocycles. The Labute approximate surface area is 161 Å². The quantitative estimate of drug-likeness (QED) is 0.474. The van der Waals surface area contributed by atoms with Gasteiger partial charge in [0.25, 0.3) is 0 Å². The zero-order valence-corrected chi connectivity index (χ0v) is 15.8. The van der Waals surface area contributed by atoms with Crippen LogP contribution >= 0.6 is 11.3 Å². The van der Waals surface area contributed by atoms with E-state index in [1.807, 2.05) is 37.3 Å². The van der Waals surface area contributed by atoms with Crippen molar-refractivity contribution in [2.45, 2.75) is 13.8 Å². The third-order valence-electron chi connectivity index (χ3n) is 3.81. The summed E-state index contributed by atoms with van der Waals surface area (Å²) in [5, 5.41) is 3.26. The highest BCUT2D eigenvalue weighted by atomic mass is 32.1. The molecule has 1 N–H and O–H groups in total. The minimum Gasteiger partial charge on any atom is -0.465 e. The molecule has 6 heteroatoms. The van der Waals surface area contributed by atoms with E-state index in [1.165, 1.54) is 23.7 Å². The highest BCUT2D eigenvalue weighted by Gasteiger charge is 2.25. The Balaban J connectivity index is 1.95. The van der Waals surface area contributed by atoms with Gasteiger partial charge in [0, 0.05) is 16.5 Å². The Hall–Kier alpha value is -3.12. The number of nitrogens with one attached hydrogen (secondary N) is 1. The summed E-state index contributed by atoms with van der Waals surface area (Å²) in [4.78, 5) is 25.8. The van der Waals surface area contributed by atoms with Crippen molar-refractivity contribution in [3.05, 3.63) is 71.0 Å². The molecule has 0 bridgehead atoms. The van der Waals surface area contributed by atoms with Gasteiger partial charge in [0.15, 0.2) is 0 Å². The van der Waals surface area contributed by atoms with Crippen molar-refractivity contribution in [2.75, 3.05) is 11.9 Å². The summed E-state index contributed by atoms with van der Waals surface area (Å²) in [6, 6.07) is 13.1. The molecular weight excluding hydrogens is 362 g/mol. The van der Waals surface area contributed by atoms with Crippen molar-refractivity contribution in [3.63, 3.8) is 0 Å². The smallest absolute Gasteiger partial charge is 0.341 e. The van der Waals surface area contributed by atoms with Crippen LogP contribution in [0.25, 0.3) is 17.2 Å². The van der Waals surface area contributed by atoms with Crippen LogP contribution in [0.3, 0.4) is 0 Å². The van der Waals surface area contributed by atoms with Crippen molar-refractivity contribution in [1.82, 2.24) is 0 Å². The van der Waals surface area contributed by atoms with E-state index in [4.69, 9.17) is 9.15 Å². The molecule has 27 heavy (non-hydrogen) atoms. The SMILES string of the molecule is CCOC(=O)c1c(NC(=O)/C=C/c2ccco2)sc(C)c1-c1ccccc1. The predicted octanol–water partition coefficient (Wildman–Crippen LogP) is 5.15. The summed E-state index contributed by atoms with van der Waals surface area (Å²) < 4.78 is 10.4. The van der Waals surface area contributed by atoms with E-state index in [-0.39, 0.29) is 12.5 Å². The fraction of sp³-hybridized carbons (Fsp3) is 0.143. The van der Waals surface area contributed by atoms with Gasteiger partial charge in [0.2, 0.25) is 5.91 Å². The molecule has 0 radical (unpaired) electrons. The number of benzene rings is 1. The molecule has 0 atom stereocenters. The van der Waals surface area contributed by atoms with Gasteiger partial charge in [-0.25, -0.2) is 4.79 Å². The number of thiophene rings is 1. The first-order chi connectivity index (χ1) is 13.1. The summed E-state index contributed by atoms with van der Waals surface area (Å²) in [6.45, 7) is 3.93. The minimum atomic E-state index is -0.453. The summed E-state index contributed by atoms with van der Waals surface area (Å²) >= 11 is 1.35. The van der Waals surface area contributed by atoms with Gasteiger partial charge in [-0.15, -0.1) is 11.3 Å². The molecule has 2 heterocycles. The highest BCUT2D eigenvalue weighted by Crippen LogP contribution is 2.40. The molecule has 0 aliphatic rings. The molecule has 0 fully saturated rings. The lowest BCUT2D eigenvalue weighted by molar-refractivity contribution is -0.111. The molecule has 0 aliphatic heterocycles. The Bertz CT molecular complexity index is 956. The first-order valence-corrected chi connectivity index (χ1v) is 9.30. The fourth-order valence-electron chi connectivity index (χ4n) is 2.68. The molecule has 0 unspecified atom stereocenters. The van der Waals surface area contributed by atoms with Gasteiger partial charge in [0.05, 0.1) is 12.9 Å². The number of aryl methyl sites for hydroxylation is 1. The van der Waals surface area contributed by atoms with Gasteiger partial charge in [-0.05, 0) is 37.6 Å². The maximum absolute atomic E-state index is 12.6. The number of carbonyl (C=O) groups is 2. The zero-order valence-electron chi connectivity index (χ0n) is 15.0. The van der Waals surface area contributed by atoms with Gasteiger partial charge in [-0.3, -0.25) is 4.79 Å². The molecule has 0 aliphatic carbocycles. The zero-order chi connectivity index (χ0) is 19.2. The number of furan rings is 1. The minimum absolute atomic E-state index is 0.258. The summed E-state index contributed by atoms with van der Waals surface area (Å²) in [5.41, 5.74) is 2.07. The predicted molar refractivity (Wildman–Crippen MR) is 107 cm³/mol. The molecule has 2 aromatic heterocycles. The lowest BCUT2D eigenvalue weighted by Crippen LogP contribution is -2.12. The number of ether oxygens (including phenoxy) is 1. The van der Waals surface area contributed by atoms with Crippen molar-refractivity contribution in [3.8, 4) is 11.1 Å². The number of hydrogen-bond donors (Lipinski definition) is 1. The number of hydrogen-bond acceptors (Lipinski definition) is 5. The molecule has 0 spiro atoms. The van der Waals surface area contributed by atoms with Crippen LogP contribution in [0, 0.1) is 6.92 Å². The van der Waals surface area contributed by atoms with E-state index in [0.717, 1.165) is 16.0 Å². The molecule has 1 amide bonds. The summed E-state index contributed by atoms with van der Waals surface area (Å²) in [5.74, 6) is -0.230. The largest absolute Gasteiger partial charge is 0.465 e. The van der Waals surface area contributed by atoms with Gasteiger partial charge in [0.1, 0.15) is 16.3 Å². The van der Waals surface area contributed by atoms with Crippen LogP contribution in [0.5, 0.6) is 0 Å². The van der Waals surface area contributed by atoms with E-state index >= 15 is 0 Å². The van der Waals surface area contributed by atoms with Gasteiger partial charge in [-0.2, -0.15) is 0 Å². The number of carbonyl (C=O) groups excluding carboxylic acids is 2. The normalized spacial score (nSPS) is 10.9. The van der Waals surface area contributed by atoms with E-state index in [1.54, 1.807) is 25.1 Å². The van der Waals surface area contributed by atoms with Gasteiger partial charge >= 0.3 is 5.97 Å². The van der Waals surface area contributed by atoms with E-state index < -0.39 is 5.97 Å². The third kappa shape index (κ3) is 4.35. The Morgan fingerprint density at radius 2 is 1.96 bits per heavy atom. The van der Waals surface area contributed by atoms with Crippen molar-refractivity contribution in [2.24, 2.45) is 0 Å². The van der Waals surface area contributed by atoms with Crippen LogP contribution in [-0.2, 0) is 9.53 Å². The molecule has 138 valence electrons. The van der Waals surface area contributed by atoms with Gasteiger partial charge < -0.3 is 14.5 Å². The number of amides is 1. The van der Waals surface area contributed by atoms with E-state index in [2.05, 4.69) is 5.32 Å². The standard InChI is InChI=1S/C21H19NO4S/c1-3-25-21(24)19-18(15-8-5-4-6-9-15)14(2)27-20(19)22-17(23)12-11-16-10-7-13-26-16/h4-13H,3H2,1-2H3,(H,22,23)/b12-11+. The van der Waals surface area contributed by atoms with Crippen LogP contribution in [0.2, 0.25) is 0 Å². The molecule has 0 saturated heterocycles. The molecule has 3 aromatic rings. The van der Waals surface area contributed by atoms with Crippen LogP contribution in [-0.4, -0.2) is 18.5 Å². The molecule has 5 nitrogen and oxygen atoms in total. The fourth-order valence-corrected chi connectivity index (χ4v) is 3.75. The first-order valence-electron chi connectivity index (χ1n) is 8.48. The van der Waals surface area contributed by atoms with Crippen LogP contribution in [0.1, 0.15) is 27.9 Å². The Morgan fingerprint density at radius 1 is 1.19 bits per heavy atom. The average molecular weight is 381 g/mol. The maximum atomic E-state index is 12.6. The monoisotopic (exact) mass is 381 g/mol. The van der Waals surface area contributed by atoms with Gasteiger partial charge in [-0.1, -0.05) is 30.3 Å². The second-order valence-corrected chi connectivity index (χ2v) is 6.89. The van der Waals surface area contributed by atoms with Crippen LogP contribution < -0.4 is 5.32 Å². The molecular formula is C21H19NO4S. The Kier molecular flexibility index (Phi) is 5.88. The third-order valence-corrected chi connectivity index (χ3v) is 4.83. The molecule has 3 rings (SSSR count). The first kappa shape index (κ1) is 18.7. The van der Waals surface area contributed by atoms with Crippen molar-refractivity contribution >= 4 is 34.3 Å². The maximum Gasteiger partial charge on any atom is 0.341 e. The summed E-state index contributed by atoms with van der Waals surface area (Å²) in [7, 11) is 0. The lowest BCUT2D eigenvalue weighted by Gasteiger charge is -2.08. The topological polar surface area (TPSA) is 68.5 Å². The summed E-state index contributed by atoms with van der Waals surface area (Å²) in [6.07, 6.45) is 4.47. The van der Waals surface area contributed by atoms with E-state index in [0.29, 0.717) is 16.3 Å². The second kappa shape index (κ2) is 8.51. The average Bonchev–Trinajstić information content (AvgIpc) is 3.28. The number of esters is 1. The van der Waals surface area contributed by atoms with Crippen molar-refractivity contribution in [1.29, 1.82) is 0 Å². The lowest BCUT2D eigenvalue weighted by atomic mass is 10.0.